The molecule has 1 atom stereocenters. The minimum absolute atomic E-state index is 0.0457. The molecule has 10 nitrogen and oxygen atoms in total. The summed E-state index contributed by atoms with van der Waals surface area (Å²) in [5, 5.41) is 2.82. The van der Waals surface area contributed by atoms with E-state index in [1.165, 1.54) is 30.5 Å². The fourth-order valence-electron chi connectivity index (χ4n) is 4.05. The molecule has 1 N–H and O–H groups in total. The Bertz CT molecular complexity index is 1220. The van der Waals surface area contributed by atoms with E-state index in [2.05, 4.69) is 20.3 Å². The molecule has 2 aliphatic heterocycles. The van der Waals surface area contributed by atoms with Gasteiger partial charge in [-0.1, -0.05) is 0 Å². The molecule has 3 aromatic rings. The van der Waals surface area contributed by atoms with Crippen LogP contribution in [0.1, 0.15) is 13.3 Å². The molecular formula is C25H25FN6O4. The van der Waals surface area contributed by atoms with E-state index in [4.69, 9.17) is 9.47 Å². The number of hydrogen-bond acceptors (Lipinski definition) is 8. The number of rotatable bonds is 8. The number of halogens is 1. The lowest BCUT2D eigenvalue weighted by Gasteiger charge is -2.38. The van der Waals surface area contributed by atoms with Gasteiger partial charge in [0.1, 0.15) is 17.3 Å². The topological polar surface area (TPSA) is 110 Å². The zero-order chi connectivity index (χ0) is 25.1. The number of carbonyl (C=O) groups is 2. The maximum absolute atomic E-state index is 13.0. The average molecular weight is 493 g/mol. The third kappa shape index (κ3) is 5.04. The standard InChI is InChI=1S/C25H25FN6O4/c1-2-27-23(33)16-14-31(15-16)25-29-11-18(12-30-25)32-10-9-21(24(32)34)35-20-7-8-22(28-13-20)36-19-5-3-17(26)4-6-19/h3-8,11-13,16,21H,2,9-10,14-15H2,1H3,(H,27,33)/t21-/m1/s1. The van der Waals surface area contributed by atoms with Gasteiger partial charge in [-0.15, -0.1) is 0 Å². The molecule has 0 spiro atoms. The van der Waals surface area contributed by atoms with Crippen LogP contribution in [0.25, 0.3) is 0 Å². The van der Waals surface area contributed by atoms with Crippen LogP contribution in [0.3, 0.4) is 0 Å². The number of ether oxygens (including phenoxy) is 2. The van der Waals surface area contributed by atoms with Gasteiger partial charge < -0.3 is 24.6 Å². The van der Waals surface area contributed by atoms with Gasteiger partial charge in [-0.05, 0) is 37.3 Å². The molecule has 0 radical (unpaired) electrons. The molecule has 36 heavy (non-hydrogen) atoms. The second-order valence-electron chi connectivity index (χ2n) is 8.51. The third-order valence-corrected chi connectivity index (χ3v) is 6.00. The van der Waals surface area contributed by atoms with Gasteiger partial charge in [0.25, 0.3) is 5.91 Å². The number of benzene rings is 1. The Labute approximate surface area is 207 Å². The Morgan fingerprint density at radius 3 is 2.44 bits per heavy atom. The summed E-state index contributed by atoms with van der Waals surface area (Å²) in [7, 11) is 0. The Morgan fingerprint density at radius 2 is 1.78 bits per heavy atom. The van der Waals surface area contributed by atoms with Crippen molar-refractivity contribution in [1.82, 2.24) is 20.3 Å². The summed E-state index contributed by atoms with van der Waals surface area (Å²) in [5.41, 5.74) is 0.594. The Morgan fingerprint density at radius 1 is 1.06 bits per heavy atom. The fraction of sp³-hybridized carbons (Fsp3) is 0.320. The van der Waals surface area contributed by atoms with E-state index in [0.29, 0.717) is 61.6 Å². The molecule has 2 saturated heterocycles. The predicted molar refractivity (Wildman–Crippen MR) is 129 cm³/mol. The van der Waals surface area contributed by atoms with Gasteiger partial charge >= 0.3 is 0 Å². The molecule has 2 aliphatic rings. The number of amides is 2. The van der Waals surface area contributed by atoms with Gasteiger partial charge in [0.05, 0.1) is 30.2 Å². The van der Waals surface area contributed by atoms with Crippen LogP contribution in [0.15, 0.2) is 55.0 Å². The quantitative estimate of drug-likeness (QED) is 0.511. The van der Waals surface area contributed by atoms with Crippen molar-refractivity contribution >= 4 is 23.5 Å². The van der Waals surface area contributed by atoms with Gasteiger partial charge in [-0.2, -0.15) is 0 Å². The molecular weight excluding hydrogens is 467 g/mol. The molecule has 4 heterocycles. The van der Waals surface area contributed by atoms with Crippen LogP contribution in [0.2, 0.25) is 0 Å². The maximum atomic E-state index is 13.0. The van der Waals surface area contributed by atoms with Crippen LogP contribution < -0.4 is 24.6 Å². The first-order valence-corrected chi connectivity index (χ1v) is 11.7. The van der Waals surface area contributed by atoms with Crippen LogP contribution >= 0.6 is 0 Å². The lowest BCUT2D eigenvalue weighted by Crippen LogP contribution is -2.54. The molecule has 2 fully saturated rings. The summed E-state index contributed by atoms with van der Waals surface area (Å²) >= 11 is 0. The number of pyridine rings is 1. The van der Waals surface area contributed by atoms with Gasteiger partial charge in [-0.25, -0.2) is 19.3 Å². The van der Waals surface area contributed by atoms with Crippen LogP contribution in [0.5, 0.6) is 17.4 Å². The van der Waals surface area contributed by atoms with E-state index in [0.717, 1.165) is 0 Å². The number of carbonyl (C=O) groups excluding carboxylic acids is 2. The number of nitrogens with one attached hydrogen (secondary N) is 1. The first kappa shape index (κ1) is 23.5. The number of aromatic nitrogens is 3. The molecule has 0 bridgehead atoms. The normalized spacial score (nSPS) is 17.6. The third-order valence-electron chi connectivity index (χ3n) is 6.00. The Kier molecular flexibility index (Phi) is 6.61. The molecule has 11 heteroatoms. The predicted octanol–water partition coefficient (Wildman–Crippen LogP) is 2.56. The highest BCUT2D eigenvalue weighted by Crippen LogP contribution is 2.27. The van der Waals surface area contributed by atoms with Crippen LogP contribution in [-0.4, -0.2) is 59.0 Å². The van der Waals surface area contributed by atoms with E-state index in [1.54, 1.807) is 29.4 Å². The van der Waals surface area contributed by atoms with E-state index in [9.17, 15) is 14.0 Å². The molecule has 2 aromatic heterocycles. The van der Waals surface area contributed by atoms with Crippen molar-refractivity contribution in [3.63, 3.8) is 0 Å². The van der Waals surface area contributed by atoms with E-state index in [1.807, 2.05) is 11.8 Å². The summed E-state index contributed by atoms with van der Waals surface area (Å²) in [6, 6.07) is 8.91. The van der Waals surface area contributed by atoms with E-state index < -0.39 is 6.10 Å². The molecule has 1 aromatic carbocycles. The molecule has 2 amide bonds. The largest absolute Gasteiger partial charge is 0.479 e. The zero-order valence-corrected chi connectivity index (χ0v) is 19.6. The van der Waals surface area contributed by atoms with Crippen LogP contribution in [0, 0.1) is 11.7 Å². The minimum Gasteiger partial charge on any atom is -0.479 e. The van der Waals surface area contributed by atoms with Gasteiger partial charge in [-0.3, -0.25) is 9.59 Å². The Hall–Kier alpha value is -4.28. The van der Waals surface area contributed by atoms with E-state index in [-0.39, 0.29) is 23.5 Å². The number of nitrogens with zero attached hydrogens (tertiary/aromatic N) is 5. The highest BCUT2D eigenvalue weighted by atomic mass is 19.1. The second-order valence-corrected chi connectivity index (χ2v) is 8.51. The lowest BCUT2D eigenvalue weighted by atomic mass is 10.00. The maximum Gasteiger partial charge on any atom is 0.268 e. The summed E-state index contributed by atoms with van der Waals surface area (Å²) < 4.78 is 24.5. The molecule has 0 aliphatic carbocycles. The second kappa shape index (κ2) is 10.1. The highest BCUT2D eigenvalue weighted by molar-refractivity contribution is 5.98. The van der Waals surface area contributed by atoms with Crippen molar-refractivity contribution in [3.05, 3.63) is 60.8 Å². The van der Waals surface area contributed by atoms with Gasteiger partial charge in [0.15, 0.2) is 6.10 Å². The average Bonchev–Trinajstić information content (AvgIpc) is 3.21. The van der Waals surface area contributed by atoms with Crippen molar-refractivity contribution in [2.24, 2.45) is 5.92 Å². The zero-order valence-electron chi connectivity index (χ0n) is 19.6. The molecule has 5 rings (SSSR count). The van der Waals surface area contributed by atoms with Crippen LogP contribution in [0.4, 0.5) is 16.0 Å². The molecule has 186 valence electrons. The number of hydrogen-bond donors (Lipinski definition) is 1. The van der Waals surface area contributed by atoms with Gasteiger partial charge in [0, 0.05) is 38.7 Å². The summed E-state index contributed by atoms with van der Waals surface area (Å²) in [4.78, 5) is 41.3. The molecule has 0 unspecified atom stereocenters. The molecule has 0 saturated carbocycles. The smallest absolute Gasteiger partial charge is 0.268 e. The van der Waals surface area contributed by atoms with Crippen molar-refractivity contribution < 1.29 is 23.5 Å². The first-order valence-electron chi connectivity index (χ1n) is 11.7. The fourth-order valence-corrected chi connectivity index (χ4v) is 4.05. The van der Waals surface area contributed by atoms with Crippen molar-refractivity contribution in [2.45, 2.75) is 19.4 Å². The van der Waals surface area contributed by atoms with Crippen LogP contribution in [-0.2, 0) is 9.59 Å². The number of anilines is 2. The summed E-state index contributed by atoms with van der Waals surface area (Å²) in [6.07, 6.45) is 4.57. The van der Waals surface area contributed by atoms with Crippen molar-refractivity contribution in [2.75, 3.05) is 36.0 Å². The monoisotopic (exact) mass is 492 g/mol. The SMILES string of the molecule is CCNC(=O)C1CN(c2ncc(N3CC[C@@H](Oc4ccc(Oc5ccc(F)cc5)nc4)C3=O)cn2)C1. The minimum atomic E-state index is -0.649. The Balaban J connectivity index is 1.14. The lowest BCUT2D eigenvalue weighted by molar-refractivity contribution is -0.125. The van der Waals surface area contributed by atoms with E-state index >= 15 is 0 Å². The first-order chi connectivity index (χ1) is 17.5. The highest BCUT2D eigenvalue weighted by Gasteiger charge is 2.36. The van der Waals surface area contributed by atoms with Crippen molar-refractivity contribution in [1.29, 1.82) is 0 Å². The summed E-state index contributed by atoms with van der Waals surface area (Å²) in [5.74, 6) is 1.22. The van der Waals surface area contributed by atoms with Gasteiger partial charge in [0.2, 0.25) is 17.7 Å². The summed E-state index contributed by atoms with van der Waals surface area (Å²) in [6.45, 7) is 4.14. The van der Waals surface area contributed by atoms with Crippen molar-refractivity contribution in [3.8, 4) is 17.4 Å².